The van der Waals surface area contributed by atoms with E-state index in [0.717, 1.165) is 12.8 Å². The third kappa shape index (κ3) is 4.90. The van der Waals surface area contributed by atoms with Crippen molar-refractivity contribution in [2.45, 2.75) is 45.1 Å². The van der Waals surface area contributed by atoms with E-state index in [1.54, 1.807) is 24.1 Å². The number of hydrogen-bond acceptors (Lipinski definition) is 5. The molecule has 0 aromatic carbocycles. The lowest BCUT2D eigenvalue weighted by Crippen LogP contribution is -2.56. The van der Waals surface area contributed by atoms with Crippen molar-refractivity contribution in [1.29, 1.82) is 0 Å². The first-order valence-electron chi connectivity index (χ1n) is 9.68. The van der Waals surface area contributed by atoms with E-state index >= 15 is 0 Å². The molecule has 2 heterocycles. The van der Waals surface area contributed by atoms with Gasteiger partial charge in [0.15, 0.2) is 0 Å². The summed E-state index contributed by atoms with van der Waals surface area (Å²) >= 11 is 0. The van der Waals surface area contributed by atoms with E-state index in [9.17, 15) is 13.6 Å². The largest absolute Gasteiger partial charge is 0.476 e. The minimum absolute atomic E-state index is 0.235. The van der Waals surface area contributed by atoms with Gasteiger partial charge in [0.2, 0.25) is 5.88 Å². The number of methoxy groups -OCH3 is 1. The zero-order chi connectivity index (χ0) is 20.5. The highest BCUT2D eigenvalue weighted by molar-refractivity contribution is 5.93. The molecule has 28 heavy (non-hydrogen) atoms. The van der Waals surface area contributed by atoms with Crippen molar-refractivity contribution in [1.82, 2.24) is 9.88 Å². The van der Waals surface area contributed by atoms with Crippen LogP contribution in [0.2, 0.25) is 0 Å². The maximum atomic E-state index is 13.3. The summed E-state index contributed by atoms with van der Waals surface area (Å²) in [5.41, 5.74) is 0.347. The van der Waals surface area contributed by atoms with Crippen molar-refractivity contribution in [2.24, 2.45) is 5.92 Å². The molecular weight excluding hydrogens is 368 g/mol. The van der Waals surface area contributed by atoms with Crippen molar-refractivity contribution in [2.75, 3.05) is 44.9 Å². The molecule has 8 heteroatoms. The minimum Gasteiger partial charge on any atom is -0.476 e. The standard InChI is InChI=1S/C20H29F2N3O3/c1-19(2,3)25(9-10-27-4)18(26)15-7-8-16(24-12-20(21,22)13-24)17(23-15)28-11-14-5-6-14/h7-8,14H,5-6,9-13H2,1-4H3. The number of amides is 1. The number of rotatable bonds is 8. The second kappa shape index (κ2) is 7.81. The summed E-state index contributed by atoms with van der Waals surface area (Å²) in [5, 5.41) is 0. The molecule has 1 aliphatic heterocycles. The van der Waals surface area contributed by atoms with Crippen LogP contribution < -0.4 is 9.64 Å². The lowest BCUT2D eigenvalue weighted by Gasteiger charge is -2.40. The van der Waals surface area contributed by atoms with Crippen molar-refractivity contribution in [3.8, 4) is 5.88 Å². The molecule has 6 nitrogen and oxygen atoms in total. The Hall–Kier alpha value is -1.96. The van der Waals surface area contributed by atoms with Crippen LogP contribution in [0.4, 0.5) is 14.5 Å². The van der Waals surface area contributed by atoms with Gasteiger partial charge in [-0.25, -0.2) is 13.8 Å². The van der Waals surface area contributed by atoms with Crippen LogP contribution in [0.1, 0.15) is 44.1 Å². The Balaban J connectivity index is 1.83. The molecule has 2 aliphatic rings. The minimum atomic E-state index is -2.69. The van der Waals surface area contributed by atoms with Crippen molar-refractivity contribution in [3.05, 3.63) is 17.8 Å². The van der Waals surface area contributed by atoms with Crippen LogP contribution in [0, 0.1) is 5.92 Å². The van der Waals surface area contributed by atoms with Crippen LogP contribution in [0.15, 0.2) is 12.1 Å². The van der Waals surface area contributed by atoms with Gasteiger partial charge in [0.25, 0.3) is 11.8 Å². The van der Waals surface area contributed by atoms with Crippen LogP contribution >= 0.6 is 0 Å². The highest BCUT2D eigenvalue weighted by Gasteiger charge is 2.45. The van der Waals surface area contributed by atoms with E-state index in [0.29, 0.717) is 31.4 Å². The van der Waals surface area contributed by atoms with Crippen LogP contribution in [0.25, 0.3) is 0 Å². The van der Waals surface area contributed by atoms with Gasteiger partial charge in [0.05, 0.1) is 26.3 Å². The summed E-state index contributed by atoms with van der Waals surface area (Å²) in [4.78, 5) is 20.7. The van der Waals surface area contributed by atoms with Gasteiger partial charge in [-0.15, -0.1) is 0 Å². The fourth-order valence-electron chi connectivity index (χ4n) is 3.13. The van der Waals surface area contributed by atoms with Gasteiger partial charge in [-0.3, -0.25) is 4.79 Å². The summed E-state index contributed by atoms with van der Waals surface area (Å²) < 4.78 is 37.6. The summed E-state index contributed by atoms with van der Waals surface area (Å²) in [6.45, 7) is 6.46. The molecule has 1 saturated heterocycles. The number of alkyl halides is 2. The molecule has 2 fully saturated rings. The first kappa shape index (κ1) is 20.8. The maximum absolute atomic E-state index is 13.3. The van der Waals surface area contributed by atoms with Crippen molar-refractivity contribution in [3.63, 3.8) is 0 Å². The average Bonchev–Trinajstić information content (AvgIpc) is 3.41. The molecule has 1 aliphatic carbocycles. The zero-order valence-electron chi connectivity index (χ0n) is 17.0. The normalized spacial score (nSPS) is 18.6. The fourth-order valence-corrected chi connectivity index (χ4v) is 3.13. The van der Waals surface area contributed by atoms with Gasteiger partial charge in [-0.1, -0.05) is 0 Å². The Morgan fingerprint density at radius 2 is 2.00 bits per heavy atom. The molecule has 1 aromatic heterocycles. The number of nitrogens with zero attached hydrogens (tertiary/aromatic N) is 3. The molecule has 0 radical (unpaired) electrons. The first-order valence-corrected chi connectivity index (χ1v) is 9.68. The van der Waals surface area contributed by atoms with E-state index in [4.69, 9.17) is 9.47 Å². The smallest absolute Gasteiger partial charge is 0.282 e. The predicted molar refractivity (Wildman–Crippen MR) is 102 cm³/mol. The topological polar surface area (TPSA) is 54.9 Å². The van der Waals surface area contributed by atoms with Gasteiger partial charge in [0, 0.05) is 19.2 Å². The number of hydrogen-bond donors (Lipinski definition) is 0. The van der Waals surface area contributed by atoms with Gasteiger partial charge >= 0.3 is 0 Å². The lowest BCUT2D eigenvalue weighted by molar-refractivity contribution is -0.0265. The number of carbonyl (C=O) groups is 1. The Labute approximate surface area is 164 Å². The number of pyridine rings is 1. The highest BCUT2D eigenvalue weighted by Crippen LogP contribution is 2.38. The van der Waals surface area contributed by atoms with Gasteiger partial charge in [-0.05, 0) is 51.7 Å². The molecule has 1 saturated carbocycles. The molecule has 156 valence electrons. The third-order valence-electron chi connectivity index (χ3n) is 4.97. The summed E-state index contributed by atoms with van der Waals surface area (Å²) in [7, 11) is 1.59. The first-order chi connectivity index (χ1) is 13.1. The second-order valence-electron chi connectivity index (χ2n) is 8.61. The van der Waals surface area contributed by atoms with Crippen LogP contribution in [-0.2, 0) is 4.74 Å². The number of carbonyl (C=O) groups excluding carboxylic acids is 1. The van der Waals surface area contributed by atoms with Crippen LogP contribution in [0.3, 0.4) is 0 Å². The molecule has 1 amide bonds. The quantitative estimate of drug-likeness (QED) is 0.674. The Bertz CT molecular complexity index is 709. The molecule has 0 bridgehead atoms. The van der Waals surface area contributed by atoms with Crippen LogP contribution in [0.5, 0.6) is 5.88 Å². The van der Waals surface area contributed by atoms with E-state index in [1.165, 1.54) is 4.90 Å². The molecule has 0 spiro atoms. The van der Waals surface area contributed by atoms with Gasteiger partial charge in [-0.2, -0.15) is 0 Å². The maximum Gasteiger partial charge on any atom is 0.282 e. The van der Waals surface area contributed by atoms with Crippen molar-refractivity contribution >= 4 is 11.6 Å². The molecule has 0 atom stereocenters. The monoisotopic (exact) mass is 397 g/mol. The number of halogens is 2. The Kier molecular flexibility index (Phi) is 5.79. The van der Waals surface area contributed by atoms with E-state index in [2.05, 4.69) is 4.98 Å². The lowest BCUT2D eigenvalue weighted by atomic mass is 10.0. The Morgan fingerprint density at radius 1 is 1.32 bits per heavy atom. The van der Waals surface area contributed by atoms with E-state index in [1.807, 2.05) is 20.8 Å². The van der Waals surface area contributed by atoms with E-state index in [-0.39, 0.29) is 30.6 Å². The third-order valence-corrected chi connectivity index (χ3v) is 4.97. The highest BCUT2D eigenvalue weighted by atomic mass is 19.3. The molecular formula is C20H29F2N3O3. The zero-order valence-corrected chi connectivity index (χ0v) is 17.0. The fraction of sp³-hybridized carbons (Fsp3) is 0.700. The number of ether oxygens (including phenoxy) is 2. The van der Waals surface area contributed by atoms with Crippen LogP contribution in [-0.4, -0.2) is 67.2 Å². The summed E-state index contributed by atoms with van der Waals surface area (Å²) in [6, 6.07) is 3.25. The van der Waals surface area contributed by atoms with Gasteiger partial charge in [0.1, 0.15) is 11.4 Å². The molecule has 0 unspecified atom stereocenters. The Morgan fingerprint density at radius 3 is 2.54 bits per heavy atom. The summed E-state index contributed by atoms with van der Waals surface area (Å²) in [5.74, 6) is -2.18. The SMILES string of the molecule is COCCN(C(=O)c1ccc(N2CC(F)(F)C2)c(OCC2CC2)n1)C(C)(C)C. The number of aromatic nitrogens is 1. The second-order valence-corrected chi connectivity index (χ2v) is 8.61. The average molecular weight is 397 g/mol. The number of anilines is 1. The summed E-state index contributed by atoms with van der Waals surface area (Å²) in [6.07, 6.45) is 2.20. The molecule has 3 rings (SSSR count). The molecule has 0 N–H and O–H groups in total. The molecule has 1 aromatic rings. The van der Waals surface area contributed by atoms with Gasteiger partial charge < -0.3 is 19.3 Å². The van der Waals surface area contributed by atoms with E-state index < -0.39 is 11.5 Å². The van der Waals surface area contributed by atoms with Crippen molar-refractivity contribution < 1.29 is 23.0 Å². The predicted octanol–water partition coefficient (Wildman–Crippen LogP) is 3.21.